The van der Waals surface area contributed by atoms with Crippen LogP contribution in [0.3, 0.4) is 0 Å². The molecule has 0 saturated carbocycles. The smallest absolute Gasteiger partial charge is 0.137 e. The summed E-state index contributed by atoms with van der Waals surface area (Å²) >= 11 is 0. The molecule has 0 bridgehead atoms. The van der Waals surface area contributed by atoms with E-state index in [0.717, 1.165) is 36.6 Å². The SMILES string of the molecule is OCC1CCn2c(Cc3ccccc3O)nnc2C1. The summed E-state index contributed by atoms with van der Waals surface area (Å²) in [4.78, 5) is 0. The Morgan fingerprint density at radius 2 is 2.11 bits per heavy atom. The van der Waals surface area contributed by atoms with Crippen molar-refractivity contribution in [2.45, 2.75) is 25.8 Å². The molecule has 0 saturated heterocycles. The summed E-state index contributed by atoms with van der Waals surface area (Å²) in [5.41, 5.74) is 0.863. The van der Waals surface area contributed by atoms with Crippen LogP contribution in [0, 0.1) is 5.92 Å². The monoisotopic (exact) mass is 259 g/mol. The van der Waals surface area contributed by atoms with E-state index >= 15 is 0 Å². The zero-order valence-corrected chi connectivity index (χ0v) is 10.7. The Morgan fingerprint density at radius 1 is 1.26 bits per heavy atom. The van der Waals surface area contributed by atoms with E-state index in [9.17, 15) is 10.2 Å². The fourth-order valence-corrected chi connectivity index (χ4v) is 2.57. The van der Waals surface area contributed by atoms with Crippen LogP contribution in [-0.4, -0.2) is 31.6 Å². The van der Waals surface area contributed by atoms with Crippen molar-refractivity contribution in [3.63, 3.8) is 0 Å². The third kappa shape index (κ3) is 2.33. The van der Waals surface area contributed by atoms with Gasteiger partial charge in [0.25, 0.3) is 0 Å². The Bertz CT molecular complexity index is 580. The van der Waals surface area contributed by atoms with E-state index in [1.165, 1.54) is 0 Å². The number of aromatic nitrogens is 3. The normalized spacial score (nSPS) is 18.3. The van der Waals surface area contributed by atoms with Crippen molar-refractivity contribution in [3.8, 4) is 5.75 Å². The van der Waals surface area contributed by atoms with E-state index in [4.69, 9.17) is 0 Å². The summed E-state index contributed by atoms with van der Waals surface area (Å²) < 4.78 is 2.11. The molecule has 0 spiro atoms. The maximum absolute atomic E-state index is 9.80. The fraction of sp³-hybridized carbons (Fsp3) is 0.429. The number of aliphatic hydroxyl groups excluding tert-OH is 1. The number of fused-ring (bicyclic) bond motifs is 1. The van der Waals surface area contributed by atoms with Crippen LogP contribution in [0.2, 0.25) is 0 Å². The minimum Gasteiger partial charge on any atom is -0.508 e. The van der Waals surface area contributed by atoms with Crippen molar-refractivity contribution in [2.24, 2.45) is 5.92 Å². The maximum Gasteiger partial charge on any atom is 0.137 e. The van der Waals surface area contributed by atoms with E-state index in [1.807, 2.05) is 18.2 Å². The molecule has 1 atom stereocenters. The number of nitrogens with zero attached hydrogens (tertiary/aromatic N) is 3. The van der Waals surface area contributed by atoms with Crippen molar-refractivity contribution >= 4 is 0 Å². The van der Waals surface area contributed by atoms with Gasteiger partial charge in [-0.15, -0.1) is 10.2 Å². The molecule has 2 aromatic rings. The van der Waals surface area contributed by atoms with E-state index in [-0.39, 0.29) is 6.61 Å². The number of benzene rings is 1. The Kier molecular flexibility index (Phi) is 3.21. The highest BCUT2D eigenvalue weighted by atomic mass is 16.3. The molecule has 1 aromatic heterocycles. The van der Waals surface area contributed by atoms with Crippen molar-refractivity contribution in [1.29, 1.82) is 0 Å². The van der Waals surface area contributed by atoms with Crippen LogP contribution >= 0.6 is 0 Å². The summed E-state index contributed by atoms with van der Waals surface area (Å²) in [6.07, 6.45) is 2.32. The molecule has 0 radical (unpaired) electrons. The molecular formula is C14H17N3O2. The van der Waals surface area contributed by atoms with Gasteiger partial charge in [-0.2, -0.15) is 0 Å². The number of aromatic hydroxyl groups is 1. The van der Waals surface area contributed by atoms with Gasteiger partial charge in [0.2, 0.25) is 0 Å². The summed E-state index contributed by atoms with van der Waals surface area (Å²) in [7, 11) is 0. The highest BCUT2D eigenvalue weighted by Crippen LogP contribution is 2.23. The highest BCUT2D eigenvalue weighted by molar-refractivity contribution is 5.34. The number of phenolic OH excluding ortho intramolecular Hbond substituents is 1. The summed E-state index contributed by atoms with van der Waals surface area (Å²) in [5.74, 6) is 2.42. The zero-order chi connectivity index (χ0) is 13.2. The van der Waals surface area contributed by atoms with Crippen LogP contribution in [0.5, 0.6) is 5.75 Å². The summed E-state index contributed by atoms with van der Waals surface area (Å²) in [5, 5.41) is 27.4. The minimum atomic E-state index is 0.210. The lowest BCUT2D eigenvalue weighted by molar-refractivity contribution is 0.198. The lowest BCUT2D eigenvalue weighted by atomic mass is 9.98. The Hall–Kier alpha value is -1.88. The van der Waals surface area contributed by atoms with E-state index in [2.05, 4.69) is 14.8 Å². The predicted molar refractivity (Wildman–Crippen MR) is 69.8 cm³/mol. The Balaban J connectivity index is 1.84. The topological polar surface area (TPSA) is 71.2 Å². The standard InChI is InChI=1S/C14H17N3O2/c18-9-10-5-6-17-13(7-10)15-16-14(17)8-11-3-1-2-4-12(11)19/h1-4,10,18-19H,5-9H2. The van der Waals surface area contributed by atoms with Gasteiger partial charge in [-0.25, -0.2) is 0 Å². The van der Waals surface area contributed by atoms with Crippen molar-refractivity contribution in [3.05, 3.63) is 41.5 Å². The van der Waals surface area contributed by atoms with Gasteiger partial charge < -0.3 is 14.8 Å². The molecule has 2 N–H and O–H groups in total. The number of aliphatic hydroxyl groups is 1. The van der Waals surface area contributed by atoms with Gasteiger partial charge in [-0.05, 0) is 18.4 Å². The number of hydrogen-bond donors (Lipinski definition) is 2. The summed E-state index contributed by atoms with van der Waals surface area (Å²) in [6, 6.07) is 7.30. The average Bonchev–Trinajstić information content (AvgIpc) is 2.83. The third-order valence-electron chi connectivity index (χ3n) is 3.73. The number of phenols is 1. The molecule has 100 valence electrons. The molecule has 0 fully saturated rings. The Labute approximate surface area is 111 Å². The molecular weight excluding hydrogens is 242 g/mol. The van der Waals surface area contributed by atoms with Crippen LogP contribution in [-0.2, 0) is 19.4 Å². The van der Waals surface area contributed by atoms with Gasteiger partial charge in [-0.3, -0.25) is 0 Å². The molecule has 3 rings (SSSR count). The fourth-order valence-electron chi connectivity index (χ4n) is 2.57. The van der Waals surface area contributed by atoms with Gasteiger partial charge in [0.1, 0.15) is 17.4 Å². The van der Waals surface area contributed by atoms with Crippen LogP contribution in [0.15, 0.2) is 24.3 Å². The lowest BCUT2D eigenvalue weighted by Gasteiger charge is -2.21. The third-order valence-corrected chi connectivity index (χ3v) is 3.73. The minimum absolute atomic E-state index is 0.210. The van der Waals surface area contributed by atoms with Gasteiger partial charge in [0.15, 0.2) is 0 Å². The number of rotatable bonds is 3. The van der Waals surface area contributed by atoms with E-state index in [0.29, 0.717) is 18.1 Å². The second-order valence-electron chi connectivity index (χ2n) is 5.03. The first-order chi connectivity index (χ1) is 9.28. The molecule has 1 aliphatic rings. The number of hydrogen-bond acceptors (Lipinski definition) is 4. The first kappa shape index (κ1) is 12.2. The molecule has 1 aliphatic heterocycles. The van der Waals surface area contributed by atoms with E-state index in [1.54, 1.807) is 6.07 Å². The quantitative estimate of drug-likeness (QED) is 0.866. The van der Waals surface area contributed by atoms with Gasteiger partial charge in [0, 0.05) is 31.6 Å². The molecule has 5 nitrogen and oxygen atoms in total. The van der Waals surface area contributed by atoms with Crippen LogP contribution in [0.1, 0.15) is 23.6 Å². The van der Waals surface area contributed by atoms with Crippen molar-refractivity contribution < 1.29 is 10.2 Å². The van der Waals surface area contributed by atoms with E-state index < -0.39 is 0 Å². The van der Waals surface area contributed by atoms with Gasteiger partial charge >= 0.3 is 0 Å². The summed E-state index contributed by atoms with van der Waals surface area (Å²) in [6.45, 7) is 1.05. The lowest BCUT2D eigenvalue weighted by Crippen LogP contribution is -2.23. The van der Waals surface area contributed by atoms with Crippen LogP contribution in [0.25, 0.3) is 0 Å². The zero-order valence-electron chi connectivity index (χ0n) is 10.7. The Morgan fingerprint density at radius 3 is 2.89 bits per heavy atom. The van der Waals surface area contributed by atoms with Crippen molar-refractivity contribution in [2.75, 3.05) is 6.61 Å². The first-order valence-corrected chi connectivity index (χ1v) is 6.56. The average molecular weight is 259 g/mol. The molecule has 1 unspecified atom stereocenters. The molecule has 5 heteroatoms. The van der Waals surface area contributed by atoms with Gasteiger partial charge in [0.05, 0.1) is 0 Å². The van der Waals surface area contributed by atoms with Gasteiger partial charge in [-0.1, -0.05) is 18.2 Å². The maximum atomic E-state index is 9.80. The van der Waals surface area contributed by atoms with Crippen LogP contribution in [0.4, 0.5) is 0 Å². The number of para-hydroxylation sites is 1. The molecule has 1 aromatic carbocycles. The largest absolute Gasteiger partial charge is 0.508 e. The predicted octanol–water partition coefficient (Wildman–Crippen LogP) is 1.13. The molecule has 0 amide bonds. The van der Waals surface area contributed by atoms with Crippen LogP contribution < -0.4 is 0 Å². The molecule has 19 heavy (non-hydrogen) atoms. The highest BCUT2D eigenvalue weighted by Gasteiger charge is 2.22. The van der Waals surface area contributed by atoms with Crippen molar-refractivity contribution in [1.82, 2.24) is 14.8 Å². The molecule has 0 aliphatic carbocycles. The first-order valence-electron chi connectivity index (χ1n) is 6.56. The molecule has 2 heterocycles. The second-order valence-corrected chi connectivity index (χ2v) is 5.03. The second kappa shape index (κ2) is 5.01.